The lowest BCUT2D eigenvalue weighted by Gasteiger charge is -2.21. The summed E-state index contributed by atoms with van der Waals surface area (Å²) in [5.74, 6) is -3.52. The molecule has 3 rings (SSSR count). The van der Waals surface area contributed by atoms with Gasteiger partial charge in [0.2, 0.25) is 18.5 Å². The van der Waals surface area contributed by atoms with Crippen LogP contribution >= 0.6 is 0 Å². The van der Waals surface area contributed by atoms with E-state index in [0.717, 1.165) is 12.1 Å². The van der Waals surface area contributed by atoms with Gasteiger partial charge in [-0.1, -0.05) is 0 Å². The molecule has 0 spiro atoms. The van der Waals surface area contributed by atoms with Crippen molar-refractivity contribution in [2.75, 3.05) is 13.1 Å². The van der Waals surface area contributed by atoms with Gasteiger partial charge >= 0.3 is 0 Å². The first kappa shape index (κ1) is 19.5. The number of aromatic amines is 1. The number of carbonyl (C=O) groups excluding carboxylic acids is 1. The van der Waals surface area contributed by atoms with Crippen LogP contribution < -0.4 is 10.9 Å². The number of hydrogen-bond acceptors (Lipinski definition) is 4. The van der Waals surface area contributed by atoms with Crippen LogP contribution in [0.5, 0.6) is 0 Å². The Hall–Kier alpha value is -3.22. The second-order valence-electron chi connectivity index (χ2n) is 6.70. The summed E-state index contributed by atoms with van der Waals surface area (Å²) in [5, 5.41) is 11.4. The van der Waals surface area contributed by atoms with Crippen LogP contribution in [0.2, 0.25) is 0 Å². The van der Waals surface area contributed by atoms with Gasteiger partial charge in [0.05, 0.1) is 24.6 Å². The van der Waals surface area contributed by atoms with Crippen LogP contribution in [-0.2, 0) is 11.2 Å². The van der Waals surface area contributed by atoms with Crippen LogP contribution in [0.15, 0.2) is 23.0 Å². The number of nitriles is 1. The monoisotopic (exact) mass is 393 g/mol. The van der Waals surface area contributed by atoms with Gasteiger partial charge in [-0.25, -0.2) is 13.2 Å². The summed E-state index contributed by atoms with van der Waals surface area (Å²) in [6.07, 6.45) is -2.02. The molecule has 1 aromatic carbocycles. The Morgan fingerprint density at radius 2 is 2.04 bits per heavy atom. The maximum absolute atomic E-state index is 14.1. The van der Waals surface area contributed by atoms with E-state index in [4.69, 9.17) is 5.26 Å². The van der Waals surface area contributed by atoms with E-state index in [9.17, 15) is 27.7 Å². The van der Waals surface area contributed by atoms with Gasteiger partial charge in [0.15, 0.2) is 17.8 Å². The van der Waals surface area contributed by atoms with Crippen molar-refractivity contribution < 1.29 is 22.7 Å². The number of nitroso groups, excluding NO2 is 1. The number of halogens is 3. The van der Waals surface area contributed by atoms with Crippen molar-refractivity contribution in [2.45, 2.75) is 25.1 Å². The topological polar surface area (TPSA) is 106 Å². The number of benzene rings is 1. The van der Waals surface area contributed by atoms with Crippen LogP contribution in [0.4, 0.5) is 13.2 Å². The smallest absolute Gasteiger partial charge is 0.252 e. The van der Waals surface area contributed by atoms with Crippen LogP contribution in [0, 0.1) is 33.8 Å². The van der Waals surface area contributed by atoms with Gasteiger partial charge in [-0.05, 0) is 12.1 Å². The molecule has 1 aliphatic rings. The zero-order chi connectivity index (χ0) is 20.4. The minimum Gasteiger partial charge on any atom is -0.349 e. The molecule has 1 aliphatic heterocycles. The molecule has 0 bridgehead atoms. The van der Waals surface area contributed by atoms with E-state index in [1.54, 1.807) is 0 Å². The molecule has 0 saturated carbocycles. The maximum atomic E-state index is 14.1. The Bertz CT molecular complexity index is 1050. The fourth-order valence-corrected chi connectivity index (χ4v) is 3.19. The molecule has 1 amide bonds. The first-order valence-corrected chi connectivity index (χ1v) is 8.53. The highest BCUT2D eigenvalue weighted by atomic mass is 19.2. The average molecular weight is 393 g/mol. The minimum absolute atomic E-state index is 0.0139. The van der Waals surface area contributed by atoms with Gasteiger partial charge in [-0.15, -0.1) is 0 Å². The van der Waals surface area contributed by atoms with Crippen LogP contribution in [0.1, 0.15) is 12.0 Å². The molecule has 10 heteroatoms. The SMILES string of the molecule is N#CC1CC(F)C(CNC(=O)Cc2cc3cc(F)c(F)cc3[nH]c2=O)[N+](=O)C1. The summed E-state index contributed by atoms with van der Waals surface area (Å²) in [5.41, 5.74) is -0.540. The number of aromatic nitrogens is 1. The highest BCUT2D eigenvalue weighted by Gasteiger charge is 2.43. The first-order chi connectivity index (χ1) is 13.3. The molecule has 3 atom stereocenters. The van der Waals surface area contributed by atoms with Gasteiger partial charge in [-0.3, -0.25) is 9.59 Å². The van der Waals surface area contributed by atoms with Crippen molar-refractivity contribution in [1.29, 1.82) is 5.26 Å². The van der Waals surface area contributed by atoms with Gasteiger partial charge < -0.3 is 10.3 Å². The molecule has 146 valence electrons. The number of rotatable bonds is 4. The van der Waals surface area contributed by atoms with Crippen molar-refractivity contribution >= 4 is 16.8 Å². The number of pyridine rings is 1. The number of nitrogens with one attached hydrogen (secondary N) is 2. The van der Waals surface area contributed by atoms with E-state index in [1.165, 1.54) is 6.07 Å². The number of hydrogen-bond donors (Lipinski definition) is 2. The number of carbonyl (C=O) groups is 1. The van der Waals surface area contributed by atoms with Crippen molar-refractivity contribution in [1.82, 2.24) is 10.3 Å². The Morgan fingerprint density at radius 3 is 2.71 bits per heavy atom. The highest BCUT2D eigenvalue weighted by molar-refractivity contribution is 5.82. The molecule has 7 nitrogen and oxygen atoms in total. The van der Waals surface area contributed by atoms with E-state index in [0.29, 0.717) is 4.76 Å². The number of alkyl halides is 1. The fourth-order valence-electron chi connectivity index (χ4n) is 3.19. The Labute approximate surface area is 156 Å². The molecule has 3 unspecified atom stereocenters. The molecule has 1 fully saturated rings. The summed E-state index contributed by atoms with van der Waals surface area (Å²) in [6.45, 7) is -0.406. The number of nitrogens with zero attached hydrogens (tertiary/aromatic N) is 2. The molecular weight excluding hydrogens is 377 g/mol. The lowest BCUT2D eigenvalue weighted by atomic mass is 9.94. The molecule has 28 heavy (non-hydrogen) atoms. The average Bonchev–Trinajstić information content (AvgIpc) is 2.63. The normalized spacial score (nSPS) is 22.1. The quantitative estimate of drug-likeness (QED) is 0.768. The van der Waals surface area contributed by atoms with Crippen LogP contribution in [-0.4, -0.2) is 41.0 Å². The Morgan fingerprint density at radius 1 is 1.32 bits per heavy atom. The summed E-state index contributed by atoms with van der Waals surface area (Å²) in [7, 11) is 0. The maximum Gasteiger partial charge on any atom is 0.252 e. The lowest BCUT2D eigenvalue weighted by Crippen LogP contribution is -2.49. The van der Waals surface area contributed by atoms with Gasteiger partial charge in [0.25, 0.3) is 5.56 Å². The van der Waals surface area contributed by atoms with E-state index >= 15 is 0 Å². The predicted octanol–water partition coefficient (Wildman–Crippen LogP) is 1.49. The third kappa shape index (κ3) is 4.03. The van der Waals surface area contributed by atoms with Crippen molar-refractivity contribution in [2.24, 2.45) is 5.92 Å². The number of fused-ring (bicyclic) bond motifs is 1. The molecule has 2 heterocycles. The second-order valence-corrected chi connectivity index (χ2v) is 6.70. The van der Waals surface area contributed by atoms with E-state index < -0.39 is 41.2 Å². The number of H-pyrrole nitrogens is 1. The Balaban J connectivity index is 1.67. The minimum atomic E-state index is -1.56. The molecule has 1 saturated heterocycles. The van der Waals surface area contributed by atoms with Crippen LogP contribution in [0.25, 0.3) is 10.9 Å². The van der Waals surface area contributed by atoms with Crippen molar-refractivity contribution in [3.63, 3.8) is 0 Å². The van der Waals surface area contributed by atoms with Crippen molar-refractivity contribution in [3.8, 4) is 6.07 Å². The largest absolute Gasteiger partial charge is 0.349 e. The van der Waals surface area contributed by atoms with Crippen LogP contribution in [0.3, 0.4) is 0 Å². The van der Waals surface area contributed by atoms with Gasteiger partial charge in [-0.2, -0.15) is 5.26 Å². The number of piperidine rings is 1. The molecule has 2 aromatic rings. The molecular formula is C18H16F3N4O3+. The summed E-state index contributed by atoms with van der Waals surface area (Å²) in [6, 6.07) is 3.76. The molecule has 0 radical (unpaired) electrons. The summed E-state index contributed by atoms with van der Waals surface area (Å²) in [4.78, 5) is 38.4. The standard InChI is InChI=1S/C18H15F3N4O3/c19-12-3-10-2-11(18(27)24-15(10)5-13(12)20)4-17(26)23-7-16-14(21)1-9(6-22)8-25(16)28/h2-3,5,9,14,16H,1,4,7-8H2,(H-,23,24,26,27)/p+1. The van der Waals surface area contributed by atoms with E-state index in [1.807, 2.05) is 6.07 Å². The highest BCUT2D eigenvalue weighted by Crippen LogP contribution is 2.21. The fraction of sp³-hybridized carbons (Fsp3) is 0.389. The zero-order valence-corrected chi connectivity index (χ0v) is 14.5. The number of amides is 1. The molecule has 0 aliphatic carbocycles. The van der Waals surface area contributed by atoms with Gasteiger partial charge in [0, 0.05) is 33.1 Å². The van der Waals surface area contributed by atoms with Crippen molar-refractivity contribution in [3.05, 3.63) is 50.7 Å². The Kier molecular flexibility index (Phi) is 5.44. The predicted molar refractivity (Wildman–Crippen MR) is 92.1 cm³/mol. The summed E-state index contributed by atoms with van der Waals surface area (Å²) >= 11 is 0. The second kappa shape index (κ2) is 7.80. The van der Waals surface area contributed by atoms with Gasteiger partial charge in [0.1, 0.15) is 5.92 Å². The van der Waals surface area contributed by atoms with E-state index in [2.05, 4.69) is 10.3 Å². The summed E-state index contributed by atoms with van der Waals surface area (Å²) < 4.78 is 41.1. The first-order valence-electron chi connectivity index (χ1n) is 8.53. The third-order valence-corrected chi connectivity index (χ3v) is 4.70. The third-order valence-electron chi connectivity index (χ3n) is 4.70. The van der Waals surface area contributed by atoms with E-state index in [-0.39, 0.29) is 42.4 Å². The molecule has 1 aromatic heterocycles. The lowest BCUT2D eigenvalue weighted by molar-refractivity contribution is -0.605. The zero-order valence-electron chi connectivity index (χ0n) is 14.5. The molecule has 2 N–H and O–H groups in total.